The summed E-state index contributed by atoms with van der Waals surface area (Å²) in [5.41, 5.74) is 5.62. The first-order valence-electron chi connectivity index (χ1n) is 5.51. The smallest absolute Gasteiger partial charge is 0.182 e. The molecule has 0 saturated heterocycles. The molecule has 0 aromatic heterocycles. The highest BCUT2D eigenvalue weighted by molar-refractivity contribution is 7.90. The van der Waals surface area contributed by atoms with Gasteiger partial charge < -0.3 is 5.73 Å². The second-order valence-corrected chi connectivity index (χ2v) is 6.99. The summed E-state index contributed by atoms with van der Waals surface area (Å²) >= 11 is 11.5. The van der Waals surface area contributed by atoms with Crippen molar-refractivity contribution in [3.8, 4) is 0 Å². The van der Waals surface area contributed by atoms with E-state index in [0.717, 1.165) is 6.07 Å². The van der Waals surface area contributed by atoms with Gasteiger partial charge in [0.25, 0.3) is 0 Å². The highest BCUT2D eigenvalue weighted by Crippen LogP contribution is 2.27. The van der Waals surface area contributed by atoms with Gasteiger partial charge in [-0.3, -0.25) is 0 Å². The zero-order valence-electron chi connectivity index (χ0n) is 10.1. The number of hydrogen-bond acceptors (Lipinski definition) is 3. The number of hydrogen-bond donors (Lipinski definition) is 1. The van der Waals surface area contributed by atoms with E-state index >= 15 is 0 Å². The fourth-order valence-electron chi connectivity index (χ4n) is 1.63. The Morgan fingerprint density at radius 2 is 1.75 bits per heavy atom. The van der Waals surface area contributed by atoms with Crippen LogP contribution in [0.2, 0.25) is 10.0 Å². The average molecular weight is 334 g/mol. The van der Waals surface area contributed by atoms with Crippen molar-refractivity contribution in [3.05, 3.63) is 57.8 Å². The van der Waals surface area contributed by atoms with Crippen molar-refractivity contribution in [2.45, 2.75) is 10.6 Å². The number of sulfone groups is 1. The Hall–Kier alpha value is -1.30. The maximum absolute atomic E-state index is 13.3. The van der Waals surface area contributed by atoms with E-state index in [1.54, 1.807) is 0 Å². The number of rotatable bonds is 3. The number of nitrogen functional groups attached to an aromatic ring is 1. The first-order valence-corrected chi connectivity index (χ1v) is 7.92. The Morgan fingerprint density at radius 1 is 1.05 bits per heavy atom. The molecule has 2 aromatic carbocycles. The van der Waals surface area contributed by atoms with Crippen LogP contribution < -0.4 is 5.73 Å². The molecule has 7 heteroatoms. The summed E-state index contributed by atoms with van der Waals surface area (Å²) in [5, 5.41) is 0.417. The molecular weight excluding hydrogens is 324 g/mol. The molecule has 2 aromatic rings. The molecule has 106 valence electrons. The summed E-state index contributed by atoms with van der Waals surface area (Å²) in [5.74, 6) is -0.992. The van der Waals surface area contributed by atoms with Crippen LogP contribution in [0.25, 0.3) is 0 Å². The fourth-order valence-corrected chi connectivity index (χ4v) is 3.35. The van der Waals surface area contributed by atoms with Crippen LogP contribution in [0.1, 0.15) is 5.56 Å². The van der Waals surface area contributed by atoms with Gasteiger partial charge in [0.05, 0.1) is 26.4 Å². The summed E-state index contributed by atoms with van der Waals surface area (Å²) in [6.45, 7) is 0. The molecule has 0 bridgehead atoms. The van der Waals surface area contributed by atoms with E-state index in [4.69, 9.17) is 28.9 Å². The zero-order chi connectivity index (χ0) is 14.9. The summed E-state index contributed by atoms with van der Waals surface area (Å²) < 4.78 is 37.7. The Balaban J connectivity index is 2.35. The molecule has 2 N–H and O–H groups in total. The van der Waals surface area contributed by atoms with Crippen LogP contribution in [0.4, 0.5) is 10.1 Å². The normalized spacial score (nSPS) is 11.6. The van der Waals surface area contributed by atoms with Crippen LogP contribution in [-0.2, 0) is 15.6 Å². The maximum atomic E-state index is 13.3. The third-order valence-corrected chi connectivity index (χ3v) is 5.10. The molecule has 0 heterocycles. The molecular formula is C13H10Cl2FNO2S. The van der Waals surface area contributed by atoms with E-state index in [0.29, 0.717) is 5.56 Å². The van der Waals surface area contributed by atoms with Gasteiger partial charge in [-0.05, 0) is 35.9 Å². The lowest BCUT2D eigenvalue weighted by atomic mass is 10.2. The van der Waals surface area contributed by atoms with Gasteiger partial charge in [0.15, 0.2) is 9.84 Å². The SMILES string of the molecule is Nc1ccc(CS(=O)(=O)c2ccc(Cl)c(Cl)c2)cc1F. The van der Waals surface area contributed by atoms with E-state index in [9.17, 15) is 12.8 Å². The molecule has 0 atom stereocenters. The molecule has 0 aliphatic carbocycles. The van der Waals surface area contributed by atoms with E-state index < -0.39 is 15.7 Å². The Bertz CT molecular complexity index is 763. The largest absolute Gasteiger partial charge is 0.396 e. The molecule has 20 heavy (non-hydrogen) atoms. The van der Waals surface area contributed by atoms with Crippen molar-refractivity contribution < 1.29 is 12.8 Å². The van der Waals surface area contributed by atoms with Gasteiger partial charge in [-0.1, -0.05) is 29.3 Å². The summed E-state index contributed by atoms with van der Waals surface area (Å²) in [6, 6.07) is 7.93. The molecule has 0 aliphatic heterocycles. The molecule has 0 fully saturated rings. The Labute approximate surface area is 126 Å². The van der Waals surface area contributed by atoms with Gasteiger partial charge in [-0.15, -0.1) is 0 Å². The number of benzene rings is 2. The maximum Gasteiger partial charge on any atom is 0.182 e. The third kappa shape index (κ3) is 3.23. The molecule has 2 rings (SSSR count). The van der Waals surface area contributed by atoms with Crippen LogP contribution in [0.5, 0.6) is 0 Å². The standard InChI is InChI=1S/C13H10Cl2FNO2S/c14-10-3-2-9(6-11(10)15)20(18,19)7-8-1-4-13(17)12(16)5-8/h1-6H,7,17H2. The number of halogens is 3. The van der Waals surface area contributed by atoms with Crippen LogP contribution in [-0.4, -0.2) is 8.42 Å². The number of anilines is 1. The van der Waals surface area contributed by atoms with E-state index in [1.165, 1.54) is 30.3 Å². The summed E-state index contributed by atoms with van der Waals surface area (Å²) in [7, 11) is -3.63. The summed E-state index contributed by atoms with van der Waals surface area (Å²) in [6.07, 6.45) is 0. The average Bonchev–Trinajstić information content (AvgIpc) is 2.37. The van der Waals surface area contributed by atoms with Gasteiger partial charge in [-0.25, -0.2) is 12.8 Å². The predicted octanol–water partition coefficient (Wildman–Crippen LogP) is 3.69. The quantitative estimate of drug-likeness (QED) is 0.871. The fraction of sp³-hybridized carbons (Fsp3) is 0.0769. The van der Waals surface area contributed by atoms with Crippen LogP contribution in [0.3, 0.4) is 0 Å². The van der Waals surface area contributed by atoms with E-state index in [2.05, 4.69) is 0 Å². The lowest BCUT2D eigenvalue weighted by Crippen LogP contribution is -2.05. The van der Waals surface area contributed by atoms with Crippen LogP contribution in [0, 0.1) is 5.82 Å². The van der Waals surface area contributed by atoms with Crippen molar-refractivity contribution in [2.24, 2.45) is 0 Å². The molecule has 0 spiro atoms. The summed E-state index contributed by atoms with van der Waals surface area (Å²) in [4.78, 5) is 0.0316. The van der Waals surface area contributed by atoms with E-state index in [-0.39, 0.29) is 26.4 Å². The van der Waals surface area contributed by atoms with Gasteiger partial charge in [0.1, 0.15) is 5.82 Å². The lowest BCUT2D eigenvalue weighted by Gasteiger charge is -2.07. The zero-order valence-corrected chi connectivity index (χ0v) is 12.4. The molecule has 0 aliphatic rings. The van der Waals surface area contributed by atoms with Crippen molar-refractivity contribution in [3.63, 3.8) is 0 Å². The first kappa shape index (κ1) is 15.1. The molecule has 0 saturated carbocycles. The second kappa shape index (κ2) is 5.60. The van der Waals surface area contributed by atoms with Gasteiger partial charge in [0.2, 0.25) is 0 Å². The Kier molecular flexibility index (Phi) is 4.22. The predicted molar refractivity (Wildman–Crippen MR) is 78.2 cm³/mol. The first-order chi connectivity index (χ1) is 9.29. The minimum absolute atomic E-state index is 0.0271. The highest BCUT2D eigenvalue weighted by atomic mass is 35.5. The molecule has 0 amide bonds. The van der Waals surface area contributed by atoms with Gasteiger partial charge in [-0.2, -0.15) is 0 Å². The number of nitrogens with two attached hydrogens (primary N) is 1. The van der Waals surface area contributed by atoms with Crippen molar-refractivity contribution in [1.29, 1.82) is 0 Å². The van der Waals surface area contributed by atoms with Crippen molar-refractivity contribution in [2.75, 3.05) is 5.73 Å². The molecule has 0 radical (unpaired) electrons. The lowest BCUT2D eigenvalue weighted by molar-refractivity contribution is 0.594. The molecule has 0 unspecified atom stereocenters. The van der Waals surface area contributed by atoms with Gasteiger partial charge in [0, 0.05) is 0 Å². The van der Waals surface area contributed by atoms with E-state index in [1.807, 2.05) is 0 Å². The Morgan fingerprint density at radius 3 is 2.35 bits per heavy atom. The second-order valence-electron chi connectivity index (χ2n) is 4.19. The minimum atomic E-state index is -3.63. The topological polar surface area (TPSA) is 60.2 Å². The van der Waals surface area contributed by atoms with Crippen molar-refractivity contribution >= 4 is 38.7 Å². The van der Waals surface area contributed by atoms with Gasteiger partial charge >= 0.3 is 0 Å². The monoisotopic (exact) mass is 333 g/mol. The van der Waals surface area contributed by atoms with Crippen molar-refractivity contribution in [1.82, 2.24) is 0 Å². The van der Waals surface area contributed by atoms with Crippen LogP contribution in [0.15, 0.2) is 41.3 Å². The van der Waals surface area contributed by atoms with Crippen LogP contribution >= 0.6 is 23.2 Å². The molecule has 3 nitrogen and oxygen atoms in total. The minimum Gasteiger partial charge on any atom is -0.396 e. The third-order valence-electron chi connectivity index (χ3n) is 2.67. The highest BCUT2D eigenvalue weighted by Gasteiger charge is 2.17.